The molecule has 0 saturated heterocycles. The standard InChI is InChI=1S/C16H15BrN2/c1-18-12-19(16-5-3-2-4-15(16)18)11-10-13-6-8-14(17)9-7-13/h2-11H,12H2,1H3/b11-10+. The van der Waals surface area contributed by atoms with Crippen LogP contribution in [0.25, 0.3) is 6.08 Å². The zero-order chi connectivity index (χ0) is 13.2. The highest BCUT2D eigenvalue weighted by molar-refractivity contribution is 9.10. The summed E-state index contributed by atoms with van der Waals surface area (Å²) in [6.45, 7) is 0.895. The molecule has 0 fully saturated rings. The van der Waals surface area contributed by atoms with Crippen molar-refractivity contribution in [2.75, 3.05) is 23.5 Å². The smallest absolute Gasteiger partial charge is 0.0944 e. The van der Waals surface area contributed by atoms with Crippen molar-refractivity contribution >= 4 is 33.4 Å². The number of rotatable bonds is 2. The summed E-state index contributed by atoms with van der Waals surface area (Å²) in [5, 5.41) is 0. The lowest BCUT2D eigenvalue weighted by Crippen LogP contribution is -2.23. The Morgan fingerprint density at radius 2 is 1.68 bits per heavy atom. The molecule has 0 aliphatic carbocycles. The second-order valence-corrected chi connectivity index (χ2v) is 5.58. The van der Waals surface area contributed by atoms with Crippen LogP contribution in [-0.4, -0.2) is 13.7 Å². The van der Waals surface area contributed by atoms with E-state index in [0.29, 0.717) is 0 Å². The van der Waals surface area contributed by atoms with Crippen LogP contribution in [0.4, 0.5) is 11.4 Å². The minimum absolute atomic E-state index is 0.895. The third-order valence-corrected chi connectivity index (χ3v) is 3.81. The Bertz CT molecular complexity index is 604. The maximum Gasteiger partial charge on any atom is 0.0944 e. The highest BCUT2D eigenvalue weighted by Gasteiger charge is 2.20. The molecule has 96 valence electrons. The first-order valence-corrected chi connectivity index (χ1v) is 7.04. The summed E-state index contributed by atoms with van der Waals surface area (Å²) in [4.78, 5) is 4.51. The Hall–Kier alpha value is -1.74. The third-order valence-electron chi connectivity index (χ3n) is 3.28. The van der Waals surface area contributed by atoms with Crippen LogP contribution in [0.5, 0.6) is 0 Å². The van der Waals surface area contributed by atoms with Gasteiger partial charge in [0.1, 0.15) is 0 Å². The van der Waals surface area contributed by atoms with E-state index in [-0.39, 0.29) is 0 Å². The fourth-order valence-corrected chi connectivity index (χ4v) is 2.55. The van der Waals surface area contributed by atoms with E-state index in [1.807, 2.05) is 0 Å². The molecule has 0 unspecified atom stereocenters. The van der Waals surface area contributed by atoms with Crippen molar-refractivity contribution in [1.29, 1.82) is 0 Å². The molecule has 0 aromatic heterocycles. The van der Waals surface area contributed by atoms with Gasteiger partial charge in [-0.25, -0.2) is 0 Å². The van der Waals surface area contributed by atoms with Gasteiger partial charge in [0.15, 0.2) is 0 Å². The van der Waals surface area contributed by atoms with E-state index in [9.17, 15) is 0 Å². The molecule has 0 amide bonds. The van der Waals surface area contributed by atoms with Gasteiger partial charge in [-0.2, -0.15) is 0 Å². The fraction of sp³-hybridized carbons (Fsp3) is 0.125. The lowest BCUT2D eigenvalue weighted by molar-refractivity contribution is 0.947. The number of para-hydroxylation sites is 2. The van der Waals surface area contributed by atoms with Gasteiger partial charge in [-0.3, -0.25) is 0 Å². The Kier molecular flexibility index (Phi) is 3.30. The average Bonchev–Trinajstić information content (AvgIpc) is 2.76. The summed E-state index contributed by atoms with van der Waals surface area (Å²) < 4.78 is 1.11. The van der Waals surface area contributed by atoms with Gasteiger partial charge in [-0.05, 0) is 35.9 Å². The predicted octanol–water partition coefficient (Wildman–Crippen LogP) is 4.33. The molecule has 2 aromatic rings. The number of hydrogen-bond donors (Lipinski definition) is 0. The van der Waals surface area contributed by atoms with Gasteiger partial charge in [0.2, 0.25) is 0 Å². The SMILES string of the molecule is CN1CN(/C=C/c2ccc(Br)cc2)c2ccccc21. The van der Waals surface area contributed by atoms with E-state index < -0.39 is 0 Å². The second-order valence-electron chi connectivity index (χ2n) is 4.67. The molecular formula is C16H15BrN2. The zero-order valence-electron chi connectivity index (χ0n) is 10.8. The Balaban J connectivity index is 1.83. The summed E-state index contributed by atoms with van der Waals surface area (Å²) in [7, 11) is 2.12. The van der Waals surface area contributed by atoms with Gasteiger partial charge >= 0.3 is 0 Å². The van der Waals surface area contributed by atoms with Crippen LogP contribution in [0, 0.1) is 0 Å². The molecular weight excluding hydrogens is 300 g/mol. The Morgan fingerprint density at radius 1 is 1.00 bits per heavy atom. The number of halogens is 1. The minimum Gasteiger partial charge on any atom is -0.355 e. The number of benzene rings is 2. The van der Waals surface area contributed by atoms with E-state index >= 15 is 0 Å². The molecule has 0 atom stereocenters. The predicted molar refractivity (Wildman–Crippen MR) is 85.4 cm³/mol. The molecule has 0 bridgehead atoms. The van der Waals surface area contributed by atoms with E-state index in [1.165, 1.54) is 16.9 Å². The lowest BCUT2D eigenvalue weighted by Gasteiger charge is -2.14. The molecule has 1 aliphatic heterocycles. The van der Waals surface area contributed by atoms with Gasteiger partial charge < -0.3 is 9.80 Å². The van der Waals surface area contributed by atoms with Crippen LogP contribution >= 0.6 is 15.9 Å². The summed E-state index contributed by atoms with van der Waals surface area (Å²) in [5.74, 6) is 0. The van der Waals surface area contributed by atoms with Crippen molar-refractivity contribution in [1.82, 2.24) is 0 Å². The molecule has 0 saturated carbocycles. The first kappa shape index (κ1) is 12.3. The first-order chi connectivity index (χ1) is 9.24. The van der Waals surface area contributed by atoms with Crippen molar-refractivity contribution in [3.8, 4) is 0 Å². The maximum atomic E-state index is 3.45. The van der Waals surface area contributed by atoms with Crippen molar-refractivity contribution in [2.45, 2.75) is 0 Å². The van der Waals surface area contributed by atoms with Gasteiger partial charge in [0.05, 0.1) is 18.0 Å². The van der Waals surface area contributed by atoms with Gasteiger partial charge in [-0.15, -0.1) is 0 Å². The van der Waals surface area contributed by atoms with Crippen molar-refractivity contribution in [2.24, 2.45) is 0 Å². The first-order valence-electron chi connectivity index (χ1n) is 6.24. The molecule has 2 aromatic carbocycles. The van der Waals surface area contributed by atoms with Gasteiger partial charge in [-0.1, -0.05) is 40.2 Å². The molecule has 1 heterocycles. The number of nitrogens with zero attached hydrogens (tertiary/aromatic N) is 2. The van der Waals surface area contributed by atoms with Crippen LogP contribution in [-0.2, 0) is 0 Å². The number of hydrogen-bond acceptors (Lipinski definition) is 2. The van der Waals surface area contributed by atoms with Crippen molar-refractivity contribution in [3.05, 3.63) is 64.8 Å². The second kappa shape index (κ2) is 5.10. The monoisotopic (exact) mass is 314 g/mol. The molecule has 1 aliphatic rings. The topological polar surface area (TPSA) is 6.48 Å². The lowest BCUT2D eigenvalue weighted by atomic mass is 10.2. The van der Waals surface area contributed by atoms with Crippen LogP contribution < -0.4 is 9.80 Å². The van der Waals surface area contributed by atoms with E-state index in [0.717, 1.165) is 11.1 Å². The Morgan fingerprint density at radius 3 is 2.42 bits per heavy atom. The molecule has 0 N–H and O–H groups in total. The number of fused-ring (bicyclic) bond motifs is 1. The summed E-state index contributed by atoms with van der Waals surface area (Å²) in [5.41, 5.74) is 3.75. The van der Waals surface area contributed by atoms with Gasteiger partial charge in [0.25, 0.3) is 0 Å². The Labute approximate surface area is 122 Å². The number of anilines is 2. The minimum atomic E-state index is 0.895. The van der Waals surface area contributed by atoms with Crippen LogP contribution in [0.15, 0.2) is 59.2 Å². The molecule has 0 spiro atoms. The summed E-state index contributed by atoms with van der Waals surface area (Å²) >= 11 is 3.45. The fourth-order valence-electron chi connectivity index (χ4n) is 2.29. The molecule has 3 heteroatoms. The van der Waals surface area contributed by atoms with Crippen LogP contribution in [0.3, 0.4) is 0 Å². The summed E-state index contributed by atoms with van der Waals surface area (Å²) in [6, 6.07) is 16.8. The highest BCUT2D eigenvalue weighted by Crippen LogP contribution is 2.34. The van der Waals surface area contributed by atoms with Crippen molar-refractivity contribution < 1.29 is 0 Å². The third kappa shape index (κ3) is 2.51. The van der Waals surface area contributed by atoms with E-state index in [2.05, 4.69) is 93.6 Å². The van der Waals surface area contributed by atoms with E-state index in [4.69, 9.17) is 0 Å². The van der Waals surface area contributed by atoms with Gasteiger partial charge in [0, 0.05) is 17.7 Å². The zero-order valence-corrected chi connectivity index (χ0v) is 12.3. The van der Waals surface area contributed by atoms with Crippen molar-refractivity contribution in [3.63, 3.8) is 0 Å². The molecule has 3 rings (SSSR count). The largest absolute Gasteiger partial charge is 0.355 e. The van der Waals surface area contributed by atoms with Crippen LogP contribution in [0.1, 0.15) is 5.56 Å². The summed E-state index contributed by atoms with van der Waals surface area (Å²) in [6.07, 6.45) is 4.29. The molecule has 2 nitrogen and oxygen atoms in total. The van der Waals surface area contributed by atoms with E-state index in [1.54, 1.807) is 0 Å². The average molecular weight is 315 g/mol. The quantitative estimate of drug-likeness (QED) is 0.814. The molecule has 19 heavy (non-hydrogen) atoms. The van der Waals surface area contributed by atoms with Crippen LogP contribution in [0.2, 0.25) is 0 Å². The normalized spacial score (nSPS) is 14.2. The maximum absolute atomic E-state index is 3.45. The highest BCUT2D eigenvalue weighted by atomic mass is 79.9. The molecule has 0 radical (unpaired) electrons.